The van der Waals surface area contributed by atoms with Crippen molar-refractivity contribution in [2.75, 3.05) is 0 Å². The van der Waals surface area contributed by atoms with Gasteiger partial charge in [-0.2, -0.15) is 0 Å². The smallest absolute Gasteiger partial charge is 0.374 e. The first-order valence-corrected chi connectivity index (χ1v) is 9.48. The summed E-state index contributed by atoms with van der Waals surface area (Å²) in [7, 11) is 0. The van der Waals surface area contributed by atoms with Gasteiger partial charge in [0, 0.05) is 0 Å². The number of hydrogen-bond acceptors (Lipinski definition) is 1. The van der Waals surface area contributed by atoms with Crippen LogP contribution in [0.25, 0.3) is 0 Å². The molecule has 1 aliphatic rings. The largest absolute Gasteiger partial charge is 3.00 e. The number of dihydropyridines is 1. The van der Waals surface area contributed by atoms with Gasteiger partial charge in [-0.3, -0.25) is 0 Å². The Labute approximate surface area is 177 Å². The first kappa shape index (κ1) is 21.6. The minimum atomic E-state index is -0.359. The van der Waals surface area contributed by atoms with E-state index in [1.54, 1.807) is 0 Å². The van der Waals surface area contributed by atoms with Gasteiger partial charge < -0.3 is 5.32 Å². The maximum Gasteiger partial charge on any atom is 3.00 e. The van der Waals surface area contributed by atoms with E-state index in [9.17, 15) is 0 Å². The topological polar surface area (TPSA) is 12.0 Å². The summed E-state index contributed by atoms with van der Waals surface area (Å²) >= 11 is 0. The van der Waals surface area contributed by atoms with Crippen molar-refractivity contribution in [2.45, 2.75) is 57.9 Å². The predicted octanol–water partition coefficient (Wildman–Crippen LogP) is 6.20. The van der Waals surface area contributed by atoms with Gasteiger partial charge in [-0.1, -0.05) is 102 Å². The summed E-state index contributed by atoms with van der Waals surface area (Å²) in [6.45, 7) is 13.7. The Morgan fingerprint density at radius 3 is 1.48 bits per heavy atom. The predicted molar refractivity (Wildman–Crippen MR) is 112 cm³/mol. The summed E-state index contributed by atoms with van der Waals surface area (Å²) in [4.78, 5) is 0. The Morgan fingerprint density at radius 1 is 0.667 bits per heavy atom. The average molecular weight is 447 g/mol. The molecular weight excluding hydrogens is 415 g/mol. The summed E-state index contributed by atoms with van der Waals surface area (Å²) in [5.74, 6) is 0. The molecular formula is C25H31NRu+3. The zero-order valence-corrected chi connectivity index (χ0v) is 19.0. The van der Waals surface area contributed by atoms with Crippen LogP contribution in [0.15, 0.2) is 73.0 Å². The van der Waals surface area contributed by atoms with Gasteiger partial charge in [-0.15, -0.1) is 0 Å². The summed E-state index contributed by atoms with van der Waals surface area (Å²) in [6.07, 6.45) is 8.61. The molecule has 3 rings (SSSR count). The second kappa shape index (κ2) is 7.76. The number of nitrogens with one attached hydrogen (secondary N) is 1. The Kier molecular flexibility index (Phi) is 6.22. The number of benzene rings is 2. The second-order valence-corrected chi connectivity index (χ2v) is 9.26. The molecule has 2 aromatic carbocycles. The molecule has 2 aromatic rings. The molecule has 0 aliphatic carbocycles. The maximum absolute atomic E-state index is 3.72. The van der Waals surface area contributed by atoms with Crippen LogP contribution in [-0.2, 0) is 35.8 Å². The molecule has 1 nitrogen and oxygen atoms in total. The van der Waals surface area contributed by atoms with Gasteiger partial charge in [-0.05, 0) is 45.4 Å². The van der Waals surface area contributed by atoms with Crippen LogP contribution in [0.4, 0.5) is 0 Å². The molecule has 0 bridgehead atoms. The molecule has 0 saturated carbocycles. The third-order valence-electron chi connectivity index (χ3n) is 5.18. The molecule has 2 heteroatoms. The van der Waals surface area contributed by atoms with Gasteiger partial charge in [0.05, 0.1) is 0 Å². The van der Waals surface area contributed by atoms with E-state index in [4.69, 9.17) is 0 Å². The SMILES string of the molecule is CC(C)(C)c1ccccc1C1(c2ccccc2C(C)(C)C)C=CC=CN1.[Ru+3]. The van der Waals surface area contributed by atoms with Crippen molar-refractivity contribution in [3.05, 3.63) is 95.2 Å². The van der Waals surface area contributed by atoms with Crippen molar-refractivity contribution in [3.8, 4) is 0 Å². The van der Waals surface area contributed by atoms with Crippen LogP contribution < -0.4 is 5.32 Å². The van der Waals surface area contributed by atoms with Gasteiger partial charge in [0.2, 0.25) is 0 Å². The maximum atomic E-state index is 3.72. The second-order valence-electron chi connectivity index (χ2n) is 9.26. The average Bonchev–Trinajstić information content (AvgIpc) is 2.61. The molecule has 1 heterocycles. The minimum absolute atomic E-state index is 0. The van der Waals surface area contributed by atoms with Crippen LogP contribution in [0.2, 0.25) is 0 Å². The molecule has 1 radical (unpaired) electrons. The van der Waals surface area contributed by atoms with Crippen molar-refractivity contribution >= 4 is 0 Å². The monoisotopic (exact) mass is 447 g/mol. The Balaban J connectivity index is 0.00000261. The van der Waals surface area contributed by atoms with E-state index >= 15 is 0 Å². The third-order valence-corrected chi connectivity index (χ3v) is 5.18. The van der Waals surface area contributed by atoms with E-state index in [-0.39, 0.29) is 35.8 Å². The Hall–Kier alpha value is -1.66. The Bertz CT molecular complexity index is 790. The molecule has 0 atom stereocenters. The summed E-state index contributed by atoms with van der Waals surface area (Å²) in [6, 6.07) is 17.7. The standard InChI is InChI=1S/C25H31N.Ru/c1-23(2,3)19-13-7-9-15-21(19)25(17-11-12-18-26-25)22-16-10-8-14-20(22)24(4,5)6;/h7-18,26H,1-6H3;/q;+3. The van der Waals surface area contributed by atoms with Crippen LogP contribution in [0, 0.1) is 0 Å². The van der Waals surface area contributed by atoms with Crippen molar-refractivity contribution in [1.82, 2.24) is 5.32 Å². The van der Waals surface area contributed by atoms with E-state index in [0.717, 1.165) is 0 Å². The first-order valence-electron chi connectivity index (χ1n) is 9.48. The zero-order valence-electron chi connectivity index (χ0n) is 17.3. The molecule has 1 N–H and O–H groups in total. The van der Waals surface area contributed by atoms with E-state index in [1.165, 1.54) is 22.3 Å². The molecule has 0 unspecified atom stereocenters. The van der Waals surface area contributed by atoms with Gasteiger partial charge in [0.15, 0.2) is 0 Å². The molecule has 1 aliphatic heterocycles. The summed E-state index contributed by atoms with van der Waals surface area (Å²) in [5.41, 5.74) is 5.16. The number of allylic oxidation sites excluding steroid dienone is 2. The van der Waals surface area contributed by atoms with Gasteiger partial charge >= 0.3 is 19.5 Å². The van der Waals surface area contributed by atoms with Crippen molar-refractivity contribution < 1.29 is 19.5 Å². The number of hydrogen-bond donors (Lipinski definition) is 1. The summed E-state index contributed by atoms with van der Waals surface area (Å²) < 4.78 is 0. The van der Waals surface area contributed by atoms with Gasteiger partial charge in [0.1, 0.15) is 5.54 Å². The quantitative estimate of drug-likeness (QED) is 0.542. The van der Waals surface area contributed by atoms with Crippen LogP contribution >= 0.6 is 0 Å². The summed E-state index contributed by atoms with van der Waals surface area (Å²) in [5, 5.41) is 3.72. The molecule has 0 saturated heterocycles. The van der Waals surface area contributed by atoms with Gasteiger partial charge in [-0.25, -0.2) is 0 Å². The van der Waals surface area contributed by atoms with Gasteiger partial charge in [0.25, 0.3) is 0 Å². The minimum Gasteiger partial charge on any atom is -0.374 e. The Morgan fingerprint density at radius 2 is 1.11 bits per heavy atom. The fraction of sp³-hybridized carbons (Fsp3) is 0.360. The van der Waals surface area contributed by atoms with Crippen LogP contribution in [0.1, 0.15) is 63.8 Å². The van der Waals surface area contributed by atoms with Crippen LogP contribution in [0.3, 0.4) is 0 Å². The van der Waals surface area contributed by atoms with Crippen molar-refractivity contribution in [3.63, 3.8) is 0 Å². The fourth-order valence-electron chi connectivity index (χ4n) is 3.93. The first-order chi connectivity index (χ1) is 12.2. The zero-order chi connectivity index (χ0) is 19.0. The molecule has 27 heavy (non-hydrogen) atoms. The van der Waals surface area contributed by atoms with Crippen LogP contribution in [-0.4, -0.2) is 0 Å². The molecule has 141 valence electrons. The van der Waals surface area contributed by atoms with E-state index in [1.807, 2.05) is 0 Å². The van der Waals surface area contributed by atoms with E-state index < -0.39 is 0 Å². The number of rotatable bonds is 2. The molecule has 0 fully saturated rings. The van der Waals surface area contributed by atoms with Crippen molar-refractivity contribution in [1.29, 1.82) is 0 Å². The normalized spacial score (nSPS) is 15.8. The fourth-order valence-corrected chi connectivity index (χ4v) is 3.93. The van der Waals surface area contributed by atoms with E-state index in [2.05, 4.69) is 120 Å². The van der Waals surface area contributed by atoms with Crippen LogP contribution in [0.5, 0.6) is 0 Å². The van der Waals surface area contributed by atoms with E-state index in [0.29, 0.717) is 0 Å². The van der Waals surface area contributed by atoms with Crippen molar-refractivity contribution in [2.24, 2.45) is 0 Å². The molecule has 0 amide bonds. The molecule has 0 spiro atoms. The third kappa shape index (κ3) is 4.12. The molecule has 0 aromatic heterocycles.